The minimum absolute atomic E-state index is 0.0689. The van der Waals surface area contributed by atoms with Crippen LogP contribution in [0.15, 0.2) is 79.0 Å². The Balaban J connectivity index is 1.23. The summed E-state index contributed by atoms with van der Waals surface area (Å²) in [5, 5.41) is 23.4. The first-order valence-corrected chi connectivity index (χ1v) is 19.4. The average molecular weight is 652 g/mol. The Labute approximate surface area is 275 Å². The van der Waals surface area contributed by atoms with E-state index < -0.39 is 13.7 Å². The van der Waals surface area contributed by atoms with E-state index in [1.165, 1.54) is 5.19 Å². The van der Waals surface area contributed by atoms with Gasteiger partial charge in [-0.05, 0) is 47.9 Å². The molecule has 7 rings (SSSR count). The van der Waals surface area contributed by atoms with Crippen LogP contribution in [0.2, 0.25) is 18.6 Å². The first-order chi connectivity index (χ1) is 22.7. The highest BCUT2D eigenvalue weighted by atomic mass is 28.3. The zero-order valence-electron chi connectivity index (χ0n) is 27.2. The van der Waals surface area contributed by atoms with Crippen molar-refractivity contribution in [2.24, 2.45) is 5.92 Å². The number of hydrogen-bond donors (Lipinski definition) is 2. The number of amides is 2. The Hall–Kier alpha value is -4.32. The van der Waals surface area contributed by atoms with Gasteiger partial charge in [-0.3, -0.25) is 14.3 Å². The molecule has 2 fully saturated rings. The molecule has 47 heavy (non-hydrogen) atoms. The Bertz CT molecular complexity index is 1790. The SMILES string of the molecule is COc1ccc([Si](C)(C)[C@@H]2[C@@H](CCn3cc(C(CO)c4ccccc4)nn3)O[C@]3(C(=O)Nc4ccc(N5CCC5=O)cc43)[C@H]2C)cc1. The monoisotopic (exact) mass is 651 g/mol. The fourth-order valence-electron chi connectivity index (χ4n) is 8.04. The molecule has 10 nitrogen and oxygen atoms in total. The standard InChI is InChI=1S/C36H41N5O5Si/c1-23-34(47(3,4)27-13-11-26(45-2)12-14-27)32(16-18-40-21-31(38-39-40)28(22-42)24-8-6-5-7-9-24)46-36(23)29-20-25(41-19-17-33(41)43)10-15-30(29)37-35(36)44/h5-15,20-21,23,28,32,34,42H,16-19,22H2,1-4H3,(H,37,44)/t23-,28?,32+,34-,36+/m0/s1. The lowest BCUT2D eigenvalue weighted by molar-refractivity contribution is -0.143. The van der Waals surface area contributed by atoms with Crippen LogP contribution in [0, 0.1) is 5.92 Å². The fourth-order valence-corrected chi connectivity index (χ4v) is 12.1. The Morgan fingerprint density at radius 2 is 1.87 bits per heavy atom. The van der Waals surface area contributed by atoms with Crippen molar-refractivity contribution in [3.63, 3.8) is 0 Å². The van der Waals surface area contributed by atoms with Crippen LogP contribution in [-0.4, -0.2) is 66.4 Å². The van der Waals surface area contributed by atoms with Crippen molar-refractivity contribution < 1.29 is 24.2 Å². The molecule has 3 aromatic carbocycles. The lowest BCUT2D eigenvalue weighted by Crippen LogP contribution is -2.51. The van der Waals surface area contributed by atoms with Crippen LogP contribution in [0.4, 0.5) is 11.4 Å². The van der Waals surface area contributed by atoms with E-state index in [0.717, 1.165) is 28.3 Å². The van der Waals surface area contributed by atoms with E-state index in [0.29, 0.717) is 31.6 Å². The number of rotatable bonds is 10. The van der Waals surface area contributed by atoms with Gasteiger partial charge in [0, 0.05) is 48.6 Å². The normalized spacial score (nSPS) is 24.3. The van der Waals surface area contributed by atoms with E-state index in [4.69, 9.17) is 9.47 Å². The van der Waals surface area contributed by atoms with Gasteiger partial charge in [0.05, 0.1) is 39.5 Å². The third kappa shape index (κ3) is 5.17. The van der Waals surface area contributed by atoms with Gasteiger partial charge in [-0.1, -0.05) is 72.9 Å². The van der Waals surface area contributed by atoms with Crippen LogP contribution in [0.25, 0.3) is 0 Å². The zero-order valence-corrected chi connectivity index (χ0v) is 28.2. The number of methoxy groups -OCH3 is 1. The number of aliphatic hydroxyl groups excluding tert-OH is 1. The van der Waals surface area contributed by atoms with Gasteiger partial charge >= 0.3 is 0 Å². The van der Waals surface area contributed by atoms with Gasteiger partial charge in [-0.25, -0.2) is 0 Å². The summed E-state index contributed by atoms with van der Waals surface area (Å²) in [5.41, 5.74) is 2.90. The summed E-state index contributed by atoms with van der Waals surface area (Å²) in [6.07, 6.45) is 2.80. The Morgan fingerprint density at radius 1 is 1.11 bits per heavy atom. The van der Waals surface area contributed by atoms with Crippen molar-refractivity contribution in [1.29, 1.82) is 0 Å². The number of nitrogens with zero attached hydrogens (tertiary/aromatic N) is 4. The Kier molecular flexibility index (Phi) is 8.02. The molecule has 0 saturated carbocycles. The number of ether oxygens (including phenoxy) is 2. The molecule has 11 heteroatoms. The maximum absolute atomic E-state index is 14.1. The number of carbonyl (C=O) groups is 2. The quantitative estimate of drug-likeness (QED) is 0.193. The molecule has 2 saturated heterocycles. The minimum Gasteiger partial charge on any atom is -0.497 e. The lowest BCUT2D eigenvalue weighted by atomic mass is 9.82. The molecule has 0 radical (unpaired) electrons. The number of β-lactam (4-membered cyclic amide) rings is 1. The topological polar surface area (TPSA) is 119 Å². The highest BCUT2D eigenvalue weighted by molar-refractivity contribution is 6.91. The fraction of sp³-hybridized carbons (Fsp3) is 0.389. The molecule has 2 N–H and O–H groups in total. The molecule has 0 bridgehead atoms. The highest BCUT2D eigenvalue weighted by Crippen LogP contribution is 2.59. The van der Waals surface area contributed by atoms with Gasteiger partial charge in [-0.2, -0.15) is 0 Å². The van der Waals surface area contributed by atoms with Crippen molar-refractivity contribution >= 4 is 36.4 Å². The maximum Gasteiger partial charge on any atom is 0.261 e. The second-order valence-electron chi connectivity index (χ2n) is 13.5. The molecule has 244 valence electrons. The number of anilines is 2. The molecule has 1 aromatic heterocycles. The van der Waals surface area contributed by atoms with E-state index in [2.05, 4.69) is 47.8 Å². The summed E-state index contributed by atoms with van der Waals surface area (Å²) in [4.78, 5) is 28.2. The average Bonchev–Trinajstić information content (AvgIpc) is 3.75. The third-order valence-electron chi connectivity index (χ3n) is 10.7. The number of nitrogens with one attached hydrogen (secondary N) is 1. The third-order valence-corrected chi connectivity index (χ3v) is 15.0. The summed E-state index contributed by atoms with van der Waals surface area (Å²) < 4.78 is 14.4. The molecule has 4 heterocycles. The Morgan fingerprint density at radius 3 is 2.53 bits per heavy atom. The van der Waals surface area contributed by atoms with E-state index in [9.17, 15) is 14.7 Å². The highest BCUT2D eigenvalue weighted by Gasteiger charge is 2.64. The number of aromatic nitrogens is 3. The van der Waals surface area contributed by atoms with E-state index >= 15 is 0 Å². The van der Waals surface area contributed by atoms with Crippen molar-refractivity contribution in [3.8, 4) is 5.75 Å². The summed E-state index contributed by atoms with van der Waals surface area (Å²) in [5.74, 6) is 0.316. The summed E-state index contributed by atoms with van der Waals surface area (Å²) in [6.45, 7) is 8.00. The van der Waals surface area contributed by atoms with Crippen molar-refractivity contribution in [2.75, 3.05) is 30.5 Å². The molecule has 0 aliphatic carbocycles. The number of carbonyl (C=O) groups excluding carboxylic acids is 2. The van der Waals surface area contributed by atoms with E-state index in [1.54, 1.807) is 12.0 Å². The predicted molar refractivity (Wildman–Crippen MR) is 182 cm³/mol. The van der Waals surface area contributed by atoms with Crippen LogP contribution in [0.5, 0.6) is 5.75 Å². The second-order valence-corrected chi connectivity index (χ2v) is 18.2. The van der Waals surface area contributed by atoms with E-state index in [1.807, 2.05) is 71.5 Å². The number of aryl methyl sites for hydroxylation is 1. The largest absolute Gasteiger partial charge is 0.497 e. The molecule has 1 unspecified atom stereocenters. The molecular weight excluding hydrogens is 611 g/mol. The summed E-state index contributed by atoms with van der Waals surface area (Å²) in [6, 6.07) is 23.9. The predicted octanol–water partition coefficient (Wildman–Crippen LogP) is 4.41. The van der Waals surface area contributed by atoms with Crippen molar-refractivity contribution in [2.45, 2.75) is 62.6 Å². The molecule has 2 amide bonds. The second kappa shape index (κ2) is 12.0. The van der Waals surface area contributed by atoms with Crippen LogP contribution in [0.3, 0.4) is 0 Å². The first kappa shape index (κ1) is 31.3. The van der Waals surface area contributed by atoms with Crippen LogP contribution < -0.4 is 20.1 Å². The van der Waals surface area contributed by atoms with Gasteiger partial charge < -0.3 is 24.8 Å². The molecular formula is C36H41N5O5Si. The number of hydrogen-bond acceptors (Lipinski definition) is 7. The van der Waals surface area contributed by atoms with E-state index in [-0.39, 0.29) is 41.9 Å². The van der Waals surface area contributed by atoms with Gasteiger partial charge in [0.15, 0.2) is 5.60 Å². The number of fused-ring (bicyclic) bond motifs is 2. The molecule has 4 aromatic rings. The zero-order chi connectivity index (χ0) is 32.9. The summed E-state index contributed by atoms with van der Waals surface area (Å²) in [7, 11) is -0.632. The number of benzene rings is 3. The summed E-state index contributed by atoms with van der Waals surface area (Å²) >= 11 is 0. The molecule has 5 atom stereocenters. The molecule has 3 aliphatic rings. The van der Waals surface area contributed by atoms with Crippen LogP contribution >= 0.6 is 0 Å². The first-order valence-electron chi connectivity index (χ1n) is 16.3. The van der Waals surface area contributed by atoms with Crippen LogP contribution in [0.1, 0.15) is 42.5 Å². The number of aliphatic hydroxyl groups is 1. The minimum atomic E-state index is -2.30. The molecule has 1 spiro atoms. The smallest absolute Gasteiger partial charge is 0.261 e. The molecule has 3 aliphatic heterocycles. The van der Waals surface area contributed by atoms with Crippen molar-refractivity contribution in [3.05, 3.63) is 95.8 Å². The van der Waals surface area contributed by atoms with Gasteiger partial charge in [0.1, 0.15) is 5.75 Å². The van der Waals surface area contributed by atoms with Gasteiger partial charge in [-0.15, -0.1) is 5.10 Å². The van der Waals surface area contributed by atoms with Gasteiger partial charge in [0.2, 0.25) is 5.91 Å². The van der Waals surface area contributed by atoms with Gasteiger partial charge in [0.25, 0.3) is 5.91 Å². The lowest BCUT2D eigenvalue weighted by Gasteiger charge is -2.37. The van der Waals surface area contributed by atoms with Crippen LogP contribution in [-0.2, 0) is 26.5 Å². The maximum atomic E-state index is 14.1. The van der Waals surface area contributed by atoms with Crippen molar-refractivity contribution in [1.82, 2.24) is 15.0 Å².